The smallest absolute Gasteiger partial charge is 0.243 e. The highest BCUT2D eigenvalue weighted by molar-refractivity contribution is 7.89. The van der Waals surface area contributed by atoms with Gasteiger partial charge in [0.15, 0.2) is 0 Å². The first kappa shape index (κ1) is 21.8. The molecule has 2 aromatic rings. The van der Waals surface area contributed by atoms with Crippen LogP contribution in [0.3, 0.4) is 0 Å². The summed E-state index contributed by atoms with van der Waals surface area (Å²) >= 11 is 0. The van der Waals surface area contributed by atoms with Crippen molar-refractivity contribution in [2.45, 2.75) is 63.9 Å². The molecule has 0 N–H and O–H groups in total. The SMILES string of the molecule is CC.CCC(C)c1c(S(=O)(=O)N2CCC(OC)CC2)ccc2cccnc12. The Labute approximate surface area is 163 Å². The van der Waals surface area contributed by atoms with Gasteiger partial charge in [-0.15, -0.1) is 0 Å². The van der Waals surface area contributed by atoms with Gasteiger partial charge >= 0.3 is 0 Å². The normalized spacial score (nSPS) is 17.4. The summed E-state index contributed by atoms with van der Waals surface area (Å²) in [6, 6.07) is 7.48. The Bertz CT molecular complexity index is 844. The monoisotopic (exact) mass is 392 g/mol. The number of pyridine rings is 1. The summed E-state index contributed by atoms with van der Waals surface area (Å²) in [5, 5.41) is 0.981. The van der Waals surface area contributed by atoms with Crippen molar-refractivity contribution in [3.05, 3.63) is 36.0 Å². The number of aromatic nitrogens is 1. The number of hydrogen-bond donors (Lipinski definition) is 0. The van der Waals surface area contributed by atoms with Gasteiger partial charge in [-0.25, -0.2) is 8.42 Å². The summed E-state index contributed by atoms with van der Waals surface area (Å²) in [6.07, 6.45) is 4.22. The molecular weight excluding hydrogens is 360 g/mol. The van der Waals surface area contributed by atoms with Crippen molar-refractivity contribution in [2.24, 2.45) is 0 Å². The van der Waals surface area contributed by atoms with Crippen LogP contribution in [0.5, 0.6) is 0 Å². The van der Waals surface area contributed by atoms with E-state index in [9.17, 15) is 8.42 Å². The second kappa shape index (κ2) is 9.62. The fourth-order valence-corrected chi connectivity index (χ4v) is 5.29. The lowest BCUT2D eigenvalue weighted by Gasteiger charge is -2.31. The van der Waals surface area contributed by atoms with Crippen molar-refractivity contribution < 1.29 is 13.2 Å². The van der Waals surface area contributed by atoms with E-state index in [1.165, 1.54) is 0 Å². The van der Waals surface area contributed by atoms with Crippen LogP contribution in [-0.2, 0) is 14.8 Å². The number of benzene rings is 1. The number of fused-ring (bicyclic) bond motifs is 1. The average molecular weight is 393 g/mol. The Morgan fingerprint density at radius 1 is 1.22 bits per heavy atom. The lowest BCUT2D eigenvalue weighted by atomic mass is 9.96. The van der Waals surface area contributed by atoms with Gasteiger partial charge in [0.25, 0.3) is 0 Å². The zero-order valence-corrected chi connectivity index (χ0v) is 17.9. The molecule has 1 fully saturated rings. The third-order valence-electron chi connectivity index (χ3n) is 5.23. The lowest BCUT2D eigenvalue weighted by Crippen LogP contribution is -2.40. The van der Waals surface area contributed by atoms with Gasteiger partial charge in [0.1, 0.15) is 0 Å². The molecule has 1 atom stereocenters. The molecule has 0 aliphatic carbocycles. The predicted octanol–water partition coefficient (Wildman–Crippen LogP) is 4.57. The third kappa shape index (κ3) is 4.50. The summed E-state index contributed by atoms with van der Waals surface area (Å²) in [5.74, 6) is 0.125. The molecule has 6 heteroatoms. The van der Waals surface area contributed by atoms with Crippen molar-refractivity contribution in [3.8, 4) is 0 Å². The van der Waals surface area contributed by atoms with E-state index in [-0.39, 0.29) is 12.0 Å². The predicted molar refractivity (Wildman–Crippen MR) is 111 cm³/mol. The van der Waals surface area contributed by atoms with Crippen LogP contribution >= 0.6 is 0 Å². The molecule has 3 rings (SSSR count). The number of sulfonamides is 1. The minimum absolute atomic E-state index is 0.125. The van der Waals surface area contributed by atoms with Crippen molar-refractivity contribution in [2.75, 3.05) is 20.2 Å². The molecule has 1 saturated heterocycles. The van der Waals surface area contributed by atoms with Gasteiger partial charge in [0.2, 0.25) is 10.0 Å². The quantitative estimate of drug-likeness (QED) is 0.748. The first-order chi connectivity index (χ1) is 13.0. The van der Waals surface area contributed by atoms with Crippen molar-refractivity contribution in [1.29, 1.82) is 0 Å². The summed E-state index contributed by atoms with van der Waals surface area (Å²) in [7, 11) is -1.85. The highest BCUT2D eigenvalue weighted by Crippen LogP contribution is 2.34. The lowest BCUT2D eigenvalue weighted by molar-refractivity contribution is 0.0604. The molecule has 0 spiro atoms. The Morgan fingerprint density at radius 2 is 1.89 bits per heavy atom. The molecule has 1 aliphatic rings. The van der Waals surface area contributed by atoms with E-state index >= 15 is 0 Å². The van der Waals surface area contributed by atoms with E-state index < -0.39 is 10.0 Å². The van der Waals surface area contributed by atoms with Gasteiger partial charge in [-0.2, -0.15) is 4.31 Å². The number of hydrogen-bond acceptors (Lipinski definition) is 4. The van der Waals surface area contributed by atoms with E-state index in [2.05, 4.69) is 18.8 Å². The standard InChI is InChI=1S/C19H26N2O3S.C2H6/c1-4-14(2)18-17(8-7-15-6-5-11-20-19(15)18)25(22,23)21-12-9-16(24-3)10-13-21;1-2/h5-8,11,14,16H,4,9-10,12-13H2,1-3H3;1-2H3. The van der Waals surface area contributed by atoms with Gasteiger partial charge in [0.05, 0.1) is 16.5 Å². The third-order valence-corrected chi connectivity index (χ3v) is 7.19. The Morgan fingerprint density at radius 3 is 2.48 bits per heavy atom. The van der Waals surface area contributed by atoms with E-state index in [0.717, 1.165) is 35.7 Å². The molecule has 1 aromatic carbocycles. The van der Waals surface area contributed by atoms with Crippen LogP contribution < -0.4 is 0 Å². The van der Waals surface area contributed by atoms with Crippen LogP contribution in [0.4, 0.5) is 0 Å². The topological polar surface area (TPSA) is 59.5 Å². The van der Waals surface area contributed by atoms with Crippen LogP contribution in [0.2, 0.25) is 0 Å². The highest BCUT2D eigenvalue weighted by atomic mass is 32.2. The van der Waals surface area contributed by atoms with Gasteiger partial charge in [-0.3, -0.25) is 4.98 Å². The molecule has 0 saturated carbocycles. The van der Waals surface area contributed by atoms with Crippen LogP contribution in [0.25, 0.3) is 10.9 Å². The summed E-state index contributed by atoms with van der Waals surface area (Å²) in [6.45, 7) is 9.15. The van der Waals surface area contributed by atoms with Crippen LogP contribution in [-0.4, -0.2) is 44.0 Å². The molecule has 1 unspecified atom stereocenters. The molecule has 0 amide bonds. The maximum Gasteiger partial charge on any atom is 0.243 e. The van der Waals surface area contributed by atoms with Crippen LogP contribution in [0.1, 0.15) is 58.4 Å². The summed E-state index contributed by atoms with van der Waals surface area (Å²) in [5.41, 5.74) is 1.64. The summed E-state index contributed by atoms with van der Waals surface area (Å²) in [4.78, 5) is 4.90. The second-order valence-corrected chi connectivity index (χ2v) is 8.61. The zero-order valence-electron chi connectivity index (χ0n) is 17.1. The van der Waals surface area contributed by atoms with Crippen molar-refractivity contribution >= 4 is 20.9 Å². The van der Waals surface area contributed by atoms with Gasteiger partial charge in [0, 0.05) is 37.3 Å². The fraction of sp³-hybridized carbons (Fsp3) is 0.571. The van der Waals surface area contributed by atoms with Crippen molar-refractivity contribution in [3.63, 3.8) is 0 Å². The van der Waals surface area contributed by atoms with Gasteiger partial charge in [-0.05, 0) is 37.3 Å². The maximum absolute atomic E-state index is 13.3. The number of nitrogens with zero attached hydrogens (tertiary/aromatic N) is 2. The number of piperidine rings is 1. The maximum atomic E-state index is 13.3. The average Bonchev–Trinajstić information content (AvgIpc) is 2.73. The summed E-state index contributed by atoms with van der Waals surface area (Å²) < 4.78 is 33.6. The van der Waals surface area contributed by atoms with E-state index in [0.29, 0.717) is 18.0 Å². The van der Waals surface area contributed by atoms with E-state index in [1.54, 1.807) is 23.7 Å². The van der Waals surface area contributed by atoms with Gasteiger partial charge < -0.3 is 4.74 Å². The molecule has 150 valence electrons. The van der Waals surface area contributed by atoms with E-state index in [1.807, 2.05) is 32.0 Å². The number of methoxy groups -OCH3 is 1. The Kier molecular flexibility index (Phi) is 7.77. The minimum Gasteiger partial charge on any atom is -0.381 e. The Balaban J connectivity index is 0.00000126. The Hall–Kier alpha value is -1.50. The molecule has 27 heavy (non-hydrogen) atoms. The van der Waals surface area contributed by atoms with Crippen LogP contribution in [0, 0.1) is 0 Å². The molecule has 1 aliphatic heterocycles. The first-order valence-corrected chi connectivity index (χ1v) is 11.3. The molecule has 2 heterocycles. The molecule has 0 bridgehead atoms. The van der Waals surface area contributed by atoms with Crippen molar-refractivity contribution in [1.82, 2.24) is 9.29 Å². The first-order valence-electron chi connectivity index (χ1n) is 9.89. The molecule has 1 aromatic heterocycles. The fourth-order valence-electron chi connectivity index (χ4n) is 3.50. The highest BCUT2D eigenvalue weighted by Gasteiger charge is 2.32. The number of ether oxygens (including phenoxy) is 1. The molecular formula is C21H32N2O3S. The van der Waals surface area contributed by atoms with E-state index in [4.69, 9.17) is 4.74 Å². The minimum atomic E-state index is -3.53. The van der Waals surface area contributed by atoms with Crippen LogP contribution in [0.15, 0.2) is 35.4 Å². The molecule has 0 radical (unpaired) electrons. The number of rotatable bonds is 5. The molecule has 5 nitrogen and oxygen atoms in total. The zero-order chi connectivity index (χ0) is 20.0. The second-order valence-electron chi connectivity index (χ2n) is 6.70. The van der Waals surface area contributed by atoms with Gasteiger partial charge in [-0.1, -0.05) is 39.8 Å². The largest absolute Gasteiger partial charge is 0.381 e.